The number of carbonyl (C=O) groups excluding carboxylic acids is 2. The van der Waals surface area contributed by atoms with Crippen molar-refractivity contribution in [2.24, 2.45) is 0 Å². The van der Waals surface area contributed by atoms with Gasteiger partial charge in [0.1, 0.15) is 18.4 Å². The van der Waals surface area contributed by atoms with Crippen LogP contribution in [0.4, 0.5) is 18.9 Å². The van der Waals surface area contributed by atoms with Crippen LogP contribution in [0, 0.1) is 0 Å². The van der Waals surface area contributed by atoms with Gasteiger partial charge in [0.05, 0.1) is 36.1 Å². The molecular formula is C22H24ClF3N2O5. The average molecular weight is 489 g/mol. The first-order valence-electron chi connectivity index (χ1n) is 10.3. The van der Waals surface area contributed by atoms with Crippen molar-refractivity contribution in [2.75, 3.05) is 25.1 Å². The summed E-state index contributed by atoms with van der Waals surface area (Å²) in [5.74, 6) is -0.711. The molecule has 1 saturated heterocycles. The molecule has 7 nitrogen and oxygen atoms in total. The molecule has 0 spiro atoms. The highest BCUT2D eigenvalue weighted by molar-refractivity contribution is 6.31. The molecule has 1 N–H and O–H groups in total. The van der Waals surface area contributed by atoms with Crippen molar-refractivity contribution in [2.45, 2.75) is 44.7 Å². The highest BCUT2D eigenvalue weighted by Crippen LogP contribution is 2.36. The van der Waals surface area contributed by atoms with Crippen LogP contribution in [-0.4, -0.2) is 48.7 Å². The summed E-state index contributed by atoms with van der Waals surface area (Å²) in [6.45, 7) is 2.04. The summed E-state index contributed by atoms with van der Waals surface area (Å²) in [6, 6.07) is 6.33. The molecule has 33 heavy (non-hydrogen) atoms. The number of alkyl halides is 3. The van der Waals surface area contributed by atoms with Crippen molar-refractivity contribution in [3.05, 3.63) is 52.9 Å². The number of hydrogen-bond donors (Lipinski definition) is 1. The molecule has 2 amide bonds. The quantitative estimate of drug-likeness (QED) is 0.562. The highest BCUT2D eigenvalue weighted by Gasteiger charge is 2.33. The number of carbonyl (C=O) groups is 2. The second kappa shape index (κ2) is 11.0. The Balaban J connectivity index is 1.66. The fraction of sp³-hybridized carbons (Fsp3) is 0.455. The first-order chi connectivity index (χ1) is 15.6. The van der Waals surface area contributed by atoms with Gasteiger partial charge in [-0.25, -0.2) is 0 Å². The molecule has 2 aromatic rings. The van der Waals surface area contributed by atoms with Crippen LogP contribution in [-0.2, 0) is 31.8 Å². The minimum Gasteiger partial charge on any atom is -0.467 e. The fourth-order valence-electron chi connectivity index (χ4n) is 3.35. The Kier molecular flexibility index (Phi) is 8.39. The third-order valence-electron chi connectivity index (χ3n) is 5.03. The molecule has 1 aromatic heterocycles. The van der Waals surface area contributed by atoms with Crippen molar-refractivity contribution in [3.8, 4) is 0 Å². The van der Waals surface area contributed by atoms with Crippen LogP contribution in [0.2, 0.25) is 5.02 Å². The van der Waals surface area contributed by atoms with E-state index in [1.807, 2.05) is 0 Å². The third kappa shape index (κ3) is 7.21. The Hall–Kier alpha value is -2.56. The van der Waals surface area contributed by atoms with Crippen LogP contribution in [0.25, 0.3) is 0 Å². The molecule has 1 aliphatic heterocycles. The lowest BCUT2D eigenvalue weighted by atomic mass is 10.2. The number of rotatable bonds is 9. The van der Waals surface area contributed by atoms with Crippen LogP contribution >= 0.6 is 11.6 Å². The summed E-state index contributed by atoms with van der Waals surface area (Å²) in [5, 5.41) is 1.90. The molecule has 2 unspecified atom stereocenters. The first-order valence-corrected chi connectivity index (χ1v) is 10.7. The Morgan fingerprint density at radius 2 is 2.12 bits per heavy atom. The molecule has 0 aliphatic carbocycles. The topological polar surface area (TPSA) is 81.0 Å². The summed E-state index contributed by atoms with van der Waals surface area (Å²) >= 11 is 5.62. The highest BCUT2D eigenvalue weighted by atomic mass is 35.5. The number of furan rings is 1. The lowest BCUT2D eigenvalue weighted by Gasteiger charge is -2.25. The fourth-order valence-corrected chi connectivity index (χ4v) is 3.58. The summed E-state index contributed by atoms with van der Waals surface area (Å²) in [5.41, 5.74) is -1.16. The number of halogens is 4. The van der Waals surface area contributed by atoms with Crippen LogP contribution in [0.5, 0.6) is 0 Å². The van der Waals surface area contributed by atoms with Gasteiger partial charge in [-0.05, 0) is 50.1 Å². The van der Waals surface area contributed by atoms with Gasteiger partial charge in [-0.3, -0.25) is 9.59 Å². The minimum atomic E-state index is -4.67. The normalized spacial score (nSPS) is 17.1. The summed E-state index contributed by atoms with van der Waals surface area (Å²) in [6.07, 6.45) is -2.39. The zero-order valence-corrected chi connectivity index (χ0v) is 18.6. The lowest BCUT2D eigenvalue weighted by Crippen LogP contribution is -2.43. The zero-order chi connectivity index (χ0) is 24.0. The number of ether oxygens (including phenoxy) is 2. The Morgan fingerprint density at radius 1 is 1.33 bits per heavy atom. The maximum Gasteiger partial charge on any atom is 0.417 e. The van der Waals surface area contributed by atoms with Crippen molar-refractivity contribution in [1.82, 2.24) is 4.90 Å². The van der Waals surface area contributed by atoms with Gasteiger partial charge in [0.15, 0.2) is 0 Å². The van der Waals surface area contributed by atoms with Gasteiger partial charge in [0.25, 0.3) is 5.91 Å². The summed E-state index contributed by atoms with van der Waals surface area (Å²) in [4.78, 5) is 26.8. The van der Waals surface area contributed by atoms with Crippen molar-refractivity contribution in [1.29, 1.82) is 0 Å². The van der Waals surface area contributed by atoms with Gasteiger partial charge in [-0.2, -0.15) is 13.2 Å². The smallest absolute Gasteiger partial charge is 0.417 e. The molecule has 1 aromatic carbocycles. The van der Waals surface area contributed by atoms with Crippen LogP contribution < -0.4 is 5.32 Å². The van der Waals surface area contributed by atoms with E-state index in [0.29, 0.717) is 12.4 Å². The zero-order valence-electron chi connectivity index (χ0n) is 17.9. The van der Waals surface area contributed by atoms with Crippen molar-refractivity contribution >= 4 is 29.1 Å². The molecule has 0 saturated carbocycles. The number of anilines is 1. The SMILES string of the molecule is CC(OCC1CCCO1)C(=O)N(CC(=O)Nc1ccc(Cl)c(C(F)(F)F)c1)Cc1ccco1. The van der Waals surface area contributed by atoms with Crippen LogP contribution in [0.1, 0.15) is 31.1 Å². The van der Waals surface area contributed by atoms with Gasteiger partial charge in [-0.15, -0.1) is 0 Å². The molecule has 1 aliphatic rings. The number of nitrogens with zero attached hydrogens (tertiary/aromatic N) is 1. The van der Waals surface area contributed by atoms with Crippen molar-refractivity contribution in [3.63, 3.8) is 0 Å². The molecule has 0 bridgehead atoms. The van der Waals surface area contributed by atoms with E-state index in [1.165, 1.54) is 17.2 Å². The lowest BCUT2D eigenvalue weighted by molar-refractivity contribution is -0.147. The largest absolute Gasteiger partial charge is 0.467 e. The van der Waals surface area contributed by atoms with Gasteiger partial charge in [0, 0.05) is 12.3 Å². The Morgan fingerprint density at radius 3 is 2.76 bits per heavy atom. The molecular weight excluding hydrogens is 465 g/mol. The second-order valence-electron chi connectivity index (χ2n) is 7.62. The Labute approximate surface area is 193 Å². The van der Waals surface area contributed by atoms with E-state index in [-0.39, 0.29) is 24.9 Å². The van der Waals surface area contributed by atoms with Gasteiger partial charge >= 0.3 is 6.18 Å². The number of benzene rings is 1. The number of hydrogen-bond acceptors (Lipinski definition) is 5. The van der Waals surface area contributed by atoms with E-state index in [2.05, 4.69) is 5.32 Å². The summed E-state index contributed by atoms with van der Waals surface area (Å²) in [7, 11) is 0. The molecule has 1 fully saturated rings. The molecule has 180 valence electrons. The van der Waals surface area contributed by atoms with E-state index < -0.39 is 41.2 Å². The monoisotopic (exact) mass is 488 g/mol. The Bertz CT molecular complexity index is 946. The predicted molar refractivity (Wildman–Crippen MR) is 114 cm³/mol. The van der Waals surface area contributed by atoms with Gasteiger partial charge in [-0.1, -0.05) is 11.6 Å². The van der Waals surface area contributed by atoms with Crippen molar-refractivity contribution < 1.29 is 36.7 Å². The first kappa shape index (κ1) is 25.1. The van der Waals surface area contributed by atoms with E-state index in [9.17, 15) is 22.8 Å². The molecule has 2 heterocycles. The van der Waals surface area contributed by atoms with E-state index in [0.717, 1.165) is 25.0 Å². The molecule has 0 radical (unpaired) electrons. The standard InChI is InChI=1S/C22H24ClF3N2O5/c1-14(33-13-17-5-3-9-32-17)21(30)28(11-16-4-2-8-31-16)12-20(29)27-15-6-7-19(23)18(10-15)22(24,25)26/h2,4,6-8,10,14,17H,3,5,9,11-13H2,1H3,(H,27,29). The minimum absolute atomic E-state index is 0.0126. The van der Waals surface area contributed by atoms with E-state index >= 15 is 0 Å². The second-order valence-corrected chi connectivity index (χ2v) is 8.03. The van der Waals surface area contributed by atoms with E-state index in [1.54, 1.807) is 19.1 Å². The van der Waals surface area contributed by atoms with Crippen LogP contribution in [0.15, 0.2) is 41.0 Å². The number of nitrogens with one attached hydrogen (secondary N) is 1. The maximum atomic E-state index is 13.1. The van der Waals surface area contributed by atoms with E-state index in [4.69, 9.17) is 25.5 Å². The average Bonchev–Trinajstić information content (AvgIpc) is 3.45. The van der Waals surface area contributed by atoms with Crippen LogP contribution in [0.3, 0.4) is 0 Å². The predicted octanol–water partition coefficient (Wildman–Crippen LogP) is 4.50. The van der Waals surface area contributed by atoms with Gasteiger partial charge < -0.3 is 24.1 Å². The molecule has 2 atom stereocenters. The summed E-state index contributed by atoms with van der Waals surface area (Å²) < 4.78 is 55.6. The number of amides is 2. The van der Waals surface area contributed by atoms with Gasteiger partial charge in [0.2, 0.25) is 5.91 Å². The molecule has 3 rings (SSSR count). The maximum absolute atomic E-state index is 13.1. The molecule has 11 heteroatoms. The third-order valence-corrected chi connectivity index (χ3v) is 5.36.